The third-order valence-electron chi connectivity index (χ3n) is 5.57. The van der Waals surface area contributed by atoms with Crippen molar-refractivity contribution in [2.75, 3.05) is 38.8 Å². The van der Waals surface area contributed by atoms with Crippen LogP contribution in [-0.4, -0.2) is 60.5 Å². The molecule has 1 aromatic carbocycles. The Balaban J connectivity index is 1.90. The maximum Gasteiger partial charge on any atom is 0.336 e. The number of rotatable bonds is 10. The fourth-order valence-corrected chi connectivity index (χ4v) is 4.27. The van der Waals surface area contributed by atoms with Gasteiger partial charge in [0.25, 0.3) is 0 Å². The number of benzene rings is 1. The zero-order valence-electron chi connectivity index (χ0n) is 20.9. The molecule has 1 aromatic heterocycles. The third-order valence-corrected chi connectivity index (χ3v) is 6.40. The maximum atomic E-state index is 13.2. The lowest BCUT2D eigenvalue weighted by Gasteiger charge is -2.31. The van der Waals surface area contributed by atoms with E-state index in [1.807, 2.05) is 0 Å². The van der Waals surface area contributed by atoms with Crippen molar-refractivity contribution in [3.8, 4) is 5.75 Å². The molecule has 2 aromatic rings. The van der Waals surface area contributed by atoms with Gasteiger partial charge in [-0.25, -0.2) is 19.6 Å². The monoisotopic (exact) mass is 550 g/mol. The van der Waals surface area contributed by atoms with Gasteiger partial charge in [-0.15, -0.1) is 0 Å². The van der Waals surface area contributed by atoms with E-state index in [2.05, 4.69) is 20.6 Å². The Morgan fingerprint density at radius 2 is 1.95 bits per heavy atom. The Bertz CT molecular complexity index is 1250. The number of aromatic nitrogens is 2. The van der Waals surface area contributed by atoms with Crippen molar-refractivity contribution < 1.29 is 28.9 Å². The van der Waals surface area contributed by atoms with Crippen LogP contribution in [0.2, 0.25) is 10.0 Å². The first kappa shape index (κ1) is 28.2. The largest absolute Gasteiger partial charge is 0.504 e. The maximum absolute atomic E-state index is 13.2. The molecule has 1 atom stereocenters. The Morgan fingerprint density at radius 3 is 2.62 bits per heavy atom. The molecule has 0 saturated carbocycles. The highest BCUT2D eigenvalue weighted by Gasteiger charge is 2.40. The molecule has 10 nitrogen and oxygen atoms in total. The van der Waals surface area contributed by atoms with Crippen molar-refractivity contribution in [3.05, 3.63) is 68.2 Å². The molecule has 1 aliphatic rings. The first-order chi connectivity index (χ1) is 17.7. The van der Waals surface area contributed by atoms with Gasteiger partial charge in [-0.05, 0) is 32.4 Å². The summed E-state index contributed by atoms with van der Waals surface area (Å²) in [6.07, 6.45) is 1.31. The van der Waals surface area contributed by atoms with E-state index in [4.69, 9.17) is 37.4 Å². The van der Waals surface area contributed by atoms with Crippen molar-refractivity contribution in [3.63, 3.8) is 0 Å². The van der Waals surface area contributed by atoms with Crippen molar-refractivity contribution in [1.82, 2.24) is 15.3 Å². The van der Waals surface area contributed by atoms with Gasteiger partial charge in [0.15, 0.2) is 5.75 Å². The normalized spacial score (nSPS) is 15.4. The van der Waals surface area contributed by atoms with Crippen molar-refractivity contribution in [1.29, 1.82) is 0 Å². The summed E-state index contributed by atoms with van der Waals surface area (Å²) in [4.78, 5) is 34.2. The van der Waals surface area contributed by atoms with Crippen LogP contribution in [0.3, 0.4) is 0 Å². The number of nitrogens with zero attached hydrogens (tertiary/aromatic N) is 2. The molecule has 3 rings (SSSR count). The number of nitrogens with one attached hydrogen (secondary N) is 2. The molecule has 2 heterocycles. The smallest absolute Gasteiger partial charge is 0.336 e. The van der Waals surface area contributed by atoms with Gasteiger partial charge in [0, 0.05) is 12.2 Å². The minimum atomic E-state index is -0.899. The lowest BCUT2D eigenvalue weighted by Crippen LogP contribution is -2.35. The molecule has 12 heteroatoms. The van der Waals surface area contributed by atoms with Crippen LogP contribution in [0.4, 0.5) is 5.95 Å². The summed E-state index contributed by atoms with van der Waals surface area (Å²) in [5.41, 5.74) is 2.18. The second-order valence-corrected chi connectivity index (χ2v) is 8.77. The lowest BCUT2D eigenvalue weighted by atomic mass is 9.80. The second kappa shape index (κ2) is 12.8. The molecule has 37 heavy (non-hydrogen) atoms. The van der Waals surface area contributed by atoms with Crippen LogP contribution in [0.5, 0.6) is 5.75 Å². The van der Waals surface area contributed by atoms with Crippen LogP contribution in [0.25, 0.3) is 0 Å². The SMILES string of the molecule is CCOC(=O)C1=C(COCCNc2ncc(O)c(C)n2)NC(C)=C(C(=O)OC)C1c1cccc(Cl)c1Cl. The number of aryl methyl sites for hydroxylation is 1. The molecule has 0 spiro atoms. The van der Waals surface area contributed by atoms with E-state index in [1.165, 1.54) is 13.3 Å². The minimum absolute atomic E-state index is 0.00572. The Kier molecular flexibility index (Phi) is 9.73. The predicted molar refractivity (Wildman–Crippen MR) is 138 cm³/mol. The number of ether oxygens (including phenoxy) is 3. The molecule has 0 aliphatic carbocycles. The molecule has 1 unspecified atom stereocenters. The number of allylic oxidation sites excluding steroid dienone is 1. The number of dihydropyridines is 1. The highest BCUT2D eigenvalue weighted by atomic mass is 35.5. The zero-order valence-corrected chi connectivity index (χ0v) is 22.4. The van der Waals surface area contributed by atoms with E-state index in [9.17, 15) is 14.7 Å². The number of halogens is 2. The lowest BCUT2D eigenvalue weighted by molar-refractivity contribution is -0.139. The van der Waals surface area contributed by atoms with E-state index in [1.54, 1.807) is 39.0 Å². The van der Waals surface area contributed by atoms with Gasteiger partial charge in [0.2, 0.25) is 5.95 Å². The molecular weight excluding hydrogens is 523 g/mol. The summed E-state index contributed by atoms with van der Waals surface area (Å²) in [5.74, 6) is -1.80. The van der Waals surface area contributed by atoms with Crippen LogP contribution >= 0.6 is 23.2 Å². The van der Waals surface area contributed by atoms with Crippen LogP contribution in [0, 0.1) is 6.92 Å². The molecule has 0 amide bonds. The second-order valence-electron chi connectivity index (χ2n) is 7.99. The van der Waals surface area contributed by atoms with Crippen LogP contribution in [-0.2, 0) is 23.8 Å². The first-order valence-corrected chi connectivity index (χ1v) is 12.2. The van der Waals surface area contributed by atoms with Gasteiger partial charge in [-0.3, -0.25) is 0 Å². The van der Waals surface area contributed by atoms with Crippen LogP contribution in [0.1, 0.15) is 31.0 Å². The van der Waals surface area contributed by atoms with E-state index in [-0.39, 0.29) is 46.8 Å². The van der Waals surface area contributed by atoms with Gasteiger partial charge in [-0.2, -0.15) is 0 Å². The predicted octanol–water partition coefficient (Wildman–Crippen LogP) is 3.88. The van der Waals surface area contributed by atoms with Gasteiger partial charge in [0.1, 0.15) is 0 Å². The number of carbonyl (C=O) groups is 2. The van der Waals surface area contributed by atoms with Gasteiger partial charge >= 0.3 is 11.9 Å². The number of carbonyl (C=O) groups excluding carboxylic acids is 2. The number of hydrogen-bond acceptors (Lipinski definition) is 10. The van der Waals surface area contributed by atoms with E-state index in [0.717, 1.165) is 0 Å². The number of aromatic hydroxyl groups is 1. The van der Waals surface area contributed by atoms with Gasteiger partial charge in [0.05, 0.1) is 71.6 Å². The summed E-state index contributed by atoms with van der Waals surface area (Å²) in [7, 11) is 1.26. The summed E-state index contributed by atoms with van der Waals surface area (Å²) >= 11 is 12.8. The van der Waals surface area contributed by atoms with E-state index < -0.39 is 17.9 Å². The Hall–Kier alpha value is -3.34. The fraction of sp³-hybridized carbons (Fsp3) is 0.360. The quantitative estimate of drug-likeness (QED) is 0.295. The number of methoxy groups -OCH3 is 1. The topological polar surface area (TPSA) is 132 Å². The van der Waals surface area contributed by atoms with Crippen molar-refractivity contribution in [2.45, 2.75) is 26.7 Å². The summed E-state index contributed by atoms with van der Waals surface area (Å²) in [5, 5.41) is 16.2. The average Bonchev–Trinajstić information content (AvgIpc) is 2.86. The highest BCUT2D eigenvalue weighted by Crippen LogP contribution is 2.43. The molecule has 0 fully saturated rings. The molecule has 198 valence electrons. The van der Waals surface area contributed by atoms with Crippen molar-refractivity contribution >= 4 is 41.1 Å². The molecule has 0 saturated heterocycles. The third kappa shape index (κ3) is 6.51. The number of hydrogen-bond donors (Lipinski definition) is 3. The minimum Gasteiger partial charge on any atom is -0.504 e. The Morgan fingerprint density at radius 1 is 1.19 bits per heavy atom. The van der Waals surface area contributed by atoms with E-state index in [0.29, 0.717) is 35.1 Å². The summed E-state index contributed by atoms with van der Waals surface area (Å²) in [6.45, 7) is 5.78. The van der Waals surface area contributed by atoms with Gasteiger partial charge < -0.3 is 30.0 Å². The molecular formula is C25H28Cl2N4O6. The molecule has 3 N–H and O–H groups in total. The summed E-state index contributed by atoms with van der Waals surface area (Å²) in [6, 6.07) is 5.00. The first-order valence-electron chi connectivity index (χ1n) is 11.4. The van der Waals surface area contributed by atoms with Crippen LogP contribution < -0.4 is 10.6 Å². The zero-order chi connectivity index (χ0) is 27.1. The standard InChI is InChI=1S/C25H28Cl2N4O6/c1-5-37-24(34)21-17(12-36-10-9-28-25-29-11-18(32)13(2)31-25)30-14(3)19(23(33)35-4)20(21)15-7-6-8-16(26)22(15)27/h6-8,11,20,30,32H,5,9-10,12H2,1-4H3,(H,28,29,31). The Labute approximate surface area is 224 Å². The number of esters is 2. The number of anilines is 1. The molecule has 0 bridgehead atoms. The fourth-order valence-electron chi connectivity index (χ4n) is 3.85. The van der Waals surface area contributed by atoms with Gasteiger partial charge in [-0.1, -0.05) is 35.3 Å². The molecule has 0 radical (unpaired) electrons. The van der Waals surface area contributed by atoms with E-state index >= 15 is 0 Å². The van der Waals surface area contributed by atoms with Crippen LogP contribution in [0.15, 0.2) is 46.9 Å². The van der Waals surface area contributed by atoms with Crippen molar-refractivity contribution in [2.24, 2.45) is 0 Å². The highest BCUT2D eigenvalue weighted by molar-refractivity contribution is 6.42. The average molecular weight is 551 g/mol. The summed E-state index contributed by atoms with van der Waals surface area (Å²) < 4.78 is 16.2. The molecule has 1 aliphatic heterocycles.